The van der Waals surface area contributed by atoms with Crippen LogP contribution in [-0.2, 0) is 0 Å². The number of methoxy groups -OCH3 is 1. The molecule has 0 bridgehead atoms. The van der Waals surface area contributed by atoms with Crippen LogP contribution in [0.5, 0.6) is 5.75 Å². The van der Waals surface area contributed by atoms with Crippen LogP contribution in [0.2, 0.25) is 0 Å². The fraction of sp³-hybridized carbons (Fsp3) is 0.0625. The van der Waals surface area contributed by atoms with Gasteiger partial charge in [0.05, 0.1) is 23.6 Å². The van der Waals surface area contributed by atoms with Crippen LogP contribution in [0.4, 0.5) is 4.39 Å². The summed E-state index contributed by atoms with van der Waals surface area (Å²) < 4.78 is 21.5. The van der Waals surface area contributed by atoms with Crippen LogP contribution >= 0.6 is 15.9 Å². The van der Waals surface area contributed by atoms with Crippen LogP contribution in [0, 0.1) is 17.1 Å². The number of rotatable bonds is 2. The van der Waals surface area contributed by atoms with Crippen molar-refractivity contribution in [1.82, 2.24) is 4.57 Å². The first kappa shape index (κ1) is 13.7. The zero-order valence-electron chi connectivity index (χ0n) is 11.1. The molecular weight excluding hydrogens is 335 g/mol. The van der Waals surface area contributed by atoms with E-state index in [0.29, 0.717) is 21.1 Å². The molecule has 21 heavy (non-hydrogen) atoms. The molecule has 0 saturated carbocycles. The van der Waals surface area contributed by atoms with E-state index in [4.69, 9.17) is 4.74 Å². The van der Waals surface area contributed by atoms with Crippen molar-refractivity contribution in [2.45, 2.75) is 0 Å². The standard InChI is InChI=1S/C16H10BrFN2O/c1-21-11-7-5-10(6-8-11)20-14-4-2-3-13(18)15(14)12(9-19)16(20)17/h2-8H,1H3. The van der Waals surface area contributed by atoms with Crippen molar-refractivity contribution in [1.29, 1.82) is 5.26 Å². The van der Waals surface area contributed by atoms with Gasteiger partial charge in [-0.05, 0) is 52.3 Å². The van der Waals surface area contributed by atoms with E-state index in [2.05, 4.69) is 22.0 Å². The minimum Gasteiger partial charge on any atom is -0.497 e. The van der Waals surface area contributed by atoms with E-state index in [0.717, 1.165) is 11.4 Å². The second kappa shape index (κ2) is 5.23. The van der Waals surface area contributed by atoms with Gasteiger partial charge in [-0.2, -0.15) is 5.26 Å². The summed E-state index contributed by atoms with van der Waals surface area (Å²) in [4.78, 5) is 0. The van der Waals surface area contributed by atoms with Crippen molar-refractivity contribution in [3.63, 3.8) is 0 Å². The summed E-state index contributed by atoms with van der Waals surface area (Å²) >= 11 is 3.40. The molecule has 0 radical (unpaired) electrons. The number of aromatic nitrogens is 1. The van der Waals surface area contributed by atoms with Crippen molar-refractivity contribution < 1.29 is 9.13 Å². The SMILES string of the molecule is COc1ccc(-n2c(Br)c(C#N)c3c(F)cccc32)cc1. The first-order chi connectivity index (χ1) is 10.2. The zero-order valence-corrected chi connectivity index (χ0v) is 12.7. The number of benzene rings is 2. The highest BCUT2D eigenvalue weighted by atomic mass is 79.9. The second-order valence-electron chi connectivity index (χ2n) is 4.45. The molecule has 0 N–H and O–H groups in total. The molecule has 0 spiro atoms. The number of ether oxygens (including phenoxy) is 1. The normalized spacial score (nSPS) is 10.6. The summed E-state index contributed by atoms with van der Waals surface area (Å²) in [5.41, 5.74) is 1.75. The molecule has 0 aliphatic heterocycles. The van der Waals surface area contributed by atoms with Gasteiger partial charge in [0.1, 0.15) is 22.2 Å². The Hall–Kier alpha value is -2.32. The average molecular weight is 345 g/mol. The van der Waals surface area contributed by atoms with Gasteiger partial charge in [-0.3, -0.25) is 0 Å². The van der Waals surface area contributed by atoms with Crippen LogP contribution in [0.1, 0.15) is 5.56 Å². The van der Waals surface area contributed by atoms with Crippen LogP contribution < -0.4 is 4.74 Å². The van der Waals surface area contributed by atoms with Crippen molar-refractivity contribution in [3.8, 4) is 17.5 Å². The molecule has 3 aromatic rings. The summed E-state index contributed by atoms with van der Waals surface area (Å²) in [6.07, 6.45) is 0. The third kappa shape index (κ3) is 2.08. The first-order valence-electron chi connectivity index (χ1n) is 6.20. The Morgan fingerprint density at radius 1 is 1.19 bits per heavy atom. The van der Waals surface area contributed by atoms with Gasteiger partial charge in [0.2, 0.25) is 0 Å². The summed E-state index contributed by atoms with van der Waals surface area (Å²) in [6, 6.07) is 14.2. The summed E-state index contributed by atoms with van der Waals surface area (Å²) in [5.74, 6) is 0.329. The lowest BCUT2D eigenvalue weighted by Crippen LogP contribution is -1.94. The fourth-order valence-electron chi connectivity index (χ4n) is 2.35. The number of hydrogen-bond donors (Lipinski definition) is 0. The Morgan fingerprint density at radius 2 is 1.90 bits per heavy atom. The lowest BCUT2D eigenvalue weighted by molar-refractivity contribution is 0.415. The molecule has 3 rings (SSSR count). The lowest BCUT2D eigenvalue weighted by atomic mass is 10.2. The molecule has 0 aliphatic rings. The first-order valence-corrected chi connectivity index (χ1v) is 6.99. The molecule has 0 saturated heterocycles. The smallest absolute Gasteiger partial charge is 0.133 e. The summed E-state index contributed by atoms with van der Waals surface area (Å²) in [5, 5.41) is 9.63. The van der Waals surface area contributed by atoms with Gasteiger partial charge >= 0.3 is 0 Å². The maximum Gasteiger partial charge on any atom is 0.133 e. The molecule has 0 amide bonds. The van der Waals surface area contributed by atoms with Crippen molar-refractivity contribution in [2.24, 2.45) is 0 Å². The molecule has 1 heterocycles. The van der Waals surface area contributed by atoms with Crippen LogP contribution in [-0.4, -0.2) is 11.7 Å². The van der Waals surface area contributed by atoms with Gasteiger partial charge in [0.25, 0.3) is 0 Å². The largest absolute Gasteiger partial charge is 0.497 e. The molecule has 0 atom stereocenters. The van der Waals surface area contributed by atoms with Crippen molar-refractivity contribution >= 4 is 26.8 Å². The van der Waals surface area contributed by atoms with Crippen molar-refractivity contribution in [2.75, 3.05) is 7.11 Å². The molecule has 0 aliphatic carbocycles. The molecule has 3 nitrogen and oxygen atoms in total. The second-order valence-corrected chi connectivity index (χ2v) is 5.20. The zero-order chi connectivity index (χ0) is 15.0. The highest BCUT2D eigenvalue weighted by Crippen LogP contribution is 2.34. The predicted octanol–water partition coefficient (Wildman–Crippen LogP) is 4.41. The maximum atomic E-state index is 14.1. The number of nitrogens with zero attached hydrogens (tertiary/aromatic N) is 2. The van der Waals surface area contributed by atoms with E-state index >= 15 is 0 Å². The third-order valence-electron chi connectivity index (χ3n) is 3.33. The number of hydrogen-bond acceptors (Lipinski definition) is 2. The summed E-state index contributed by atoms with van der Waals surface area (Å²) in [7, 11) is 1.60. The van der Waals surface area contributed by atoms with E-state index in [1.807, 2.05) is 24.3 Å². The highest BCUT2D eigenvalue weighted by molar-refractivity contribution is 9.10. The molecule has 2 aromatic carbocycles. The Kier molecular flexibility index (Phi) is 3.40. The van der Waals surface area contributed by atoms with Gasteiger partial charge < -0.3 is 9.30 Å². The fourth-order valence-corrected chi connectivity index (χ4v) is 3.04. The number of halogens is 2. The average Bonchev–Trinajstić information content (AvgIpc) is 2.80. The molecule has 0 unspecified atom stereocenters. The Bertz CT molecular complexity index is 863. The minimum absolute atomic E-state index is 0.291. The monoisotopic (exact) mass is 344 g/mol. The Balaban J connectivity index is 2.34. The molecular formula is C16H10BrFN2O. The Morgan fingerprint density at radius 3 is 2.52 bits per heavy atom. The third-order valence-corrected chi connectivity index (χ3v) is 4.08. The molecule has 104 valence electrons. The van der Waals surface area contributed by atoms with Crippen molar-refractivity contribution in [3.05, 3.63) is 58.4 Å². The maximum absolute atomic E-state index is 14.1. The Labute approximate surface area is 129 Å². The number of fused-ring (bicyclic) bond motifs is 1. The van der Waals surface area contributed by atoms with E-state index in [-0.39, 0.29) is 0 Å². The minimum atomic E-state index is -0.406. The van der Waals surface area contributed by atoms with Gasteiger partial charge in [-0.1, -0.05) is 6.07 Å². The van der Waals surface area contributed by atoms with Gasteiger partial charge in [-0.15, -0.1) is 0 Å². The van der Waals surface area contributed by atoms with Gasteiger partial charge in [0.15, 0.2) is 0 Å². The van der Waals surface area contributed by atoms with E-state index in [9.17, 15) is 9.65 Å². The highest BCUT2D eigenvalue weighted by Gasteiger charge is 2.19. The summed E-state index contributed by atoms with van der Waals surface area (Å²) in [6.45, 7) is 0. The van der Waals surface area contributed by atoms with Gasteiger partial charge in [0, 0.05) is 5.69 Å². The van der Waals surface area contributed by atoms with Crippen LogP contribution in [0.25, 0.3) is 16.6 Å². The number of nitriles is 1. The van der Waals surface area contributed by atoms with E-state index in [1.165, 1.54) is 6.07 Å². The molecule has 1 aromatic heterocycles. The van der Waals surface area contributed by atoms with Crippen LogP contribution in [0.3, 0.4) is 0 Å². The van der Waals surface area contributed by atoms with E-state index < -0.39 is 5.82 Å². The van der Waals surface area contributed by atoms with E-state index in [1.54, 1.807) is 23.8 Å². The van der Waals surface area contributed by atoms with Crippen LogP contribution in [0.15, 0.2) is 47.1 Å². The topological polar surface area (TPSA) is 38.0 Å². The molecule has 5 heteroatoms. The van der Waals surface area contributed by atoms with Gasteiger partial charge in [-0.25, -0.2) is 4.39 Å². The lowest BCUT2D eigenvalue weighted by Gasteiger charge is -2.08. The quantitative estimate of drug-likeness (QED) is 0.690. The molecule has 0 fully saturated rings. The predicted molar refractivity (Wildman–Crippen MR) is 82.2 cm³/mol.